The molecule has 0 unspecified atom stereocenters. The van der Waals surface area contributed by atoms with Crippen LogP contribution in [0, 0.1) is 11.5 Å². The van der Waals surface area contributed by atoms with Gasteiger partial charge in [-0.3, -0.25) is 0 Å². The van der Waals surface area contributed by atoms with Gasteiger partial charge in [0.2, 0.25) is 5.88 Å². The molecule has 1 N–H and O–H groups in total. The Hall–Kier alpha value is -1.84. The van der Waals surface area contributed by atoms with E-state index in [1.165, 1.54) is 19.3 Å². The molecule has 2 atom stereocenters. The monoisotopic (exact) mass is 612 g/mol. The van der Waals surface area contributed by atoms with Crippen molar-refractivity contribution in [1.29, 1.82) is 0 Å². The molecule has 5 rings (SSSR count). The molecule has 6 heteroatoms. The Morgan fingerprint density at radius 2 is 1.97 bits per heavy atom. The van der Waals surface area contributed by atoms with Crippen LogP contribution in [-0.4, -0.2) is 26.4 Å². The number of aromatic nitrogens is 1. The molecule has 1 saturated carbocycles. The van der Waals surface area contributed by atoms with Crippen molar-refractivity contribution in [2.75, 3.05) is 0 Å². The molecule has 1 fully saturated rings. The van der Waals surface area contributed by atoms with E-state index in [0.29, 0.717) is 33.9 Å². The van der Waals surface area contributed by atoms with E-state index in [1.807, 2.05) is 42.1 Å². The third kappa shape index (κ3) is 4.83. The minimum Gasteiger partial charge on any atom is -0.506 e. The molecule has 0 amide bonds. The zero-order chi connectivity index (χ0) is 20.7. The second-order valence-corrected chi connectivity index (χ2v) is 10.2. The minimum absolute atomic E-state index is 0. The normalized spacial score (nSPS) is 22.2. The average Bonchev–Trinajstić information content (AvgIpc) is 3.04. The van der Waals surface area contributed by atoms with Crippen LogP contribution in [0.2, 0.25) is 0 Å². The van der Waals surface area contributed by atoms with Crippen LogP contribution in [0.25, 0.3) is 10.9 Å². The van der Waals surface area contributed by atoms with Gasteiger partial charge in [0.25, 0.3) is 0 Å². The van der Waals surface area contributed by atoms with Crippen molar-refractivity contribution in [3.8, 4) is 17.4 Å². The summed E-state index contributed by atoms with van der Waals surface area (Å²) in [6.07, 6.45) is 4.94. The van der Waals surface area contributed by atoms with Crippen LogP contribution in [0.4, 0.5) is 0 Å². The number of thioether (sulfide) groups is 1. The molecule has 2 aromatic carbocycles. The molecule has 0 saturated heterocycles. The maximum Gasteiger partial charge on any atom is 0.217 e. The SMILES string of the molecule is CC1(C)CCC[C@@H]2SC(c3[c-]c(Oc4ccc5cccc(O)c5n4)ccc3)=N[C@H]2C1.[Pt]. The van der Waals surface area contributed by atoms with Crippen molar-refractivity contribution in [3.63, 3.8) is 0 Å². The molecule has 31 heavy (non-hydrogen) atoms. The zero-order valence-corrected chi connectivity index (χ0v) is 20.7. The molecule has 2 heterocycles. The Kier molecular flexibility index (Phi) is 6.46. The Morgan fingerprint density at radius 3 is 2.84 bits per heavy atom. The van der Waals surface area contributed by atoms with Gasteiger partial charge in [-0.2, -0.15) is 11.8 Å². The van der Waals surface area contributed by atoms with Gasteiger partial charge in [0.15, 0.2) is 0 Å². The molecule has 1 aliphatic heterocycles. The van der Waals surface area contributed by atoms with Gasteiger partial charge in [-0.1, -0.05) is 38.5 Å². The van der Waals surface area contributed by atoms with Gasteiger partial charge < -0.3 is 14.8 Å². The fourth-order valence-electron chi connectivity index (χ4n) is 4.41. The molecule has 4 nitrogen and oxygen atoms in total. The molecule has 3 aromatic rings. The third-order valence-corrected chi connectivity index (χ3v) is 7.37. The quantitative estimate of drug-likeness (QED) is 0.350. The summed E-state index contributed by atoms with van der Waals surface area (Å²) in [5, 5.41) is 12.6. The first-order valence-corrected chi connectivity index (χ1v) is 11.4. The number of fused-ring (bicyclic) bond motifs is 2. The summed E-state index contributed by atoms with van der Waals surface area (Å²) in [7, 11) is 0. The summed E-state index contributed by atoms with van der Waals surface area (Å²) in [5.41, 5.74) is 1.87. The van der Waals surface area contributed by atoms with Gasteiger partial charge in [-0.25, -0.2) is 4.98 Å². The van der Waals surface area contributed by atoms with E-state index < -0.39 is 0 Å². The van der Waals surface area contributed by atoms with E-state index in [4.69, 9.17) is 9.73 Å². The summed E-state index contributed by atoms with van der Waals surface area (Å²) in [6, 6.07) is 18.7. The van der Waals surface area contributed by atoms with E-state index in [9.17, 15) is 5.11 Å². The van der Waals surface area contributed by atoms with Crippen molar-refractivity contribution in [3.05, 3.63) is 60.2 Å². The van der Waals surface area contributed by atoms with Crippen LogP contribution >= 0.6 is 11.8 Å². The number of nitrogens with zero attached hydrogens (tertiary/aromatic N) is 2. The van der Waals surface area contributed by atoms with E-state index >= 15 is 0 Å². The summed E-state index contributed by atoms with van der Waals surface area (Å²) >= 11 is 1.90. The number of rotatable bonds is 3. The Bertz CT molecular complexity index is 1130. The molecular formula is C25H25N2O2PtS-. The number of hydrogen-bond acceptors (Lipinski definition) is 5. The van der Waals surface area contributed by atoms with E-state index in [2.05, 4.69) is 31.0 Å². The first-order valence-electron chi connectivity index (χ1n) is 10.5. The van der Waals surface area contributed by atoms with Crippen molar-refractivity contribution in [2.24, 2.45) is 10.4 Å². The van der Waals surface area contributed by atoms with Crippen molar-refractivity contribution < 1.29 is 30.9 Å². The van der Waals surface area contributed by atoms with Crippen LogP contribution < -0.4 is 4.74 Å². The predicted molar refractivity (Wildman–Crippen MR) is 123 cm³/mol. The number of aromatic hydroxyl groups is 1. The maximum atomic E-state index is 10.1. The van der Waals surface area contributed by atoms with Gasteiger partial charge in [0.05, 0.1) is 6.04 Å². The topological polar surface area (TPSA) is 54.7 Å². The van der Waals surface area contributed by atoms with Crippen LogP contribution in [0.15, 0.2) is 53.5 Å². The first-order chi connectivity index (χ1) is 14.5. The number of ether oxygens (including phenoxy) is 1. The second-order valence-electron chi connectivity index (χ2n) is 8.95. The second kappa shape index (κ2) is 8.96. The smallest absolute Gasteiger partial charge is 0.217 e. The molecule has 0 spiro atoms. The standard InChI is InChI=1S/C25H25N2O2S.Pt/c1-25(2)13-5-10-21-19(15-25)26-24(30-21)17-7-3-8-18(14-17)29-22-12-11-16-6-4-9-20(28)23(16)27-22;/h3-4,6-9,11-12,19,21,28H,5,10,13,15H2,1-2H3;/q-1;/t19-,21-;/m0./s1. The number of phenols is 1. The molecule has 0 bridgehead atoms. The minimum atomic E-state index is 0. The summed E-state index contributed by atoms with van der Waals surface area (Å²) in [4.78, 5) is 9.54. The van der Waals surface area contributed by atoms with Crippen LogP contribution in [-0.2, 0) is 21.1 Å². The van der Waals surface area contributed by atoms with E-state index in [-0.39, 0.29) is 26.8 Å². The number of benzene rings is 2. The van der Waals surface area contributed by atoms with Crippen LogP contribution in [0.1, 0.15) is 45.1 Å². The van der Waals surface area contributed by atoms with Crippen LogP contribution in [0.5, 0.6) is 17.4 Å². The fraction of sp³-hybridized carbons (Fsp3) is 0.360. The number of pyridine rings is 1. The molecular weight excluding hydrogens is 587 g/mol. The maximum absolute atomic E-state index is 10.1. The summed E-state index contributed by atoms with van der Waals surface area (Å²) in [5.74, 6) is 1.18. The van der Waals surface area contributed by atoms with Crippen LogP contribution in [0.3, 0.4) is 0 Å². The van der Waals surface area contributed by atoms with Gasteiger partial charge in [0.1, 0.15) is 11.3 Å². The van der Waals surface area contributed by atoms with Gasteiger partial charge in [0, 0.05) is 48.6 Å². The Labute approximate surface area is 201 Å². The molecule has 164 valence electrons. The fourth-order valence-corrected chi connectivity index (χ4v) is 5.74. The van der Waals surface area contributed by atoms with Crippen molar-refractivity contribution in [2.45, 2.75) is 50.8 Å². The largest absolute Gasteiger partial charge is 0.506 e. The number of hydrogen-bond donors (Lipinski definition) is 1. The third-order valence-electron chi connectivity index (χ3n) is 5.97. The van der Waals surface area contributed by atoms with E-state index in [0.717, 1.165) is 22.4 Å². The zero-order valence-electron chi connectivity index (χ0n) is 17.6. The summed E-state index contributed by atoms with van der Waals surface area (Å²) in [6.45, 7) is 4.73. The average molecular weight is 613 g/mol. The number of phenolic OH excluding ortho intramolecular Hbond substituents is 1. The summed E-state index contributed by atoms with van der Waals surface area (Å²) < 4.78 is 5.97. The molecule has 1 aromatic heterocycles. The van der Waals surface area contributed by atoms with Gasteiger partial charge in [-0.05, 0) is 36.8 Å². The molecule has 1 aliphatic carbocycles. The number of para-hydroxylation sites is 1. The van der Waals surface area contributed by atoms with Gasteiger partial charge in [-0.15, -0.1) is 23.8 Å². The Balaban J connectivity index is 0.00000231. The molecule has 2 aliphatic rings. The number of aliphatic imine (C=N–C) groups is 1. The van der Waals surface area contributed by atoms with Crippen molar-refractivity contribution in [1.82, 2.24) is 4.98 Å². The van der Waals surface area contributed by atoms with Gasteiger partial charge >= 0.3 is 0 Å². The van der Waals surface area contributed by atoms with Crippen molar-refractivity contribution >= 4 is 27.7 Å². The van der Waals surface area contributed by atoms with E-state index in [1.54, 1.807) is 12.1 Å². The Morgan fingerprint density at radius 1 is 1.13 bits per heavy atom. The molecule has 0 radical (unpaired) electrons. The predicted octanol–water partition coefficient (Wildman–Crippen LogP) is 6.36. The first kappa shape index (κ1) is 22.4.